The third kappa shape index (κ3) is 3.42. The predicted octanol–water partition coefficient (Wildman–Crippen LogP) is 4.15. The van der Waals surface area contributed by atoms with E-state index in [0.717, 1.165) is 40.3 Å². The molecule has 4 rings (SSSR count). The van der Waals surface area contributed by atoms with Crippen LogP contribution in [0.3, 0.4) is 0 Å². The van der Waals surface area contributed by atoms with Crippen LogP contribution in [0.2, 0.25) is 5.02 Å². The van der Waals surface area contributed by atoms with Crippen molar-refractivity contribution in [1.29, 1.82) is 0 Å². The van der Waals surface area contributed by atoms with E-state index in [9.17, 15) is 4.79 Å². The van der Waals surface area contributed by atoms with Crippen molar-refractivity contribution in [3.8, 4) is 10.4 Å². The first kappa shape index (κ1) is 17.9. The fourth-order valence-electron chi connectivity index (χ4n) is 3.35. The van der Waals surface area contributed by atoms with Crippen LogP contribution in [-0.4, -0.2) is 47.0 Å². The van der Waals surface area contributed by atoms with Gasteiger partial charge in [-0.05, 0) is 37.3 Å². The Morgan fingerprint density at radius 1 is 1.22 bits per heavy atom. The van der Waals surface area contributed by atoms with Gasteiger partial charge in [0.1, 0.15) is 12.1 Å². The Morgan fingerprint density at radius 2 is 2.00 bits per heavy atom. The van der Waals surface area contributed by atoms with Gasteiger partial charge >= 0.3 is 0 Å². The summed E-state index contributed by atoms with van der Waals surface area (Å²) in [6, 6.07) is 8.18. The molecular weight excluding hydrogens is 380 g/mol. The third-order valence-electron chi connectivity index (χ3n) is 4.77. The molecule has 5 nitrogen and oxygen atoms in total. The van der Waals surface area contributed by atoms with Crippen LogP contribution in [0.15, 0.2) is 43.2 Å². The Bertz CT molecular complexity index is 1020. The van der Waals surface area contributed by atoms with Gasteiger partial charge < -0.3 is 9.80 Å². The van der Waals surface area contributed by atoms with Crippen molar-refractivity contribution in [3.05, 3.63) is 53.1 Å². The second-order valence-corrected chi connectivity index (χ2v) is 8.17. The van der Waals surface area contributed by atoms with Gasteiger partial charge in [-0.25, -0.2) is 9.97 Å². The highest BCUT2D eigenvalue weighted by Crippen LogP contribution is 2.37. The van der Waals surface area contributed by atoms with Gasteiger partial charge in [-0.2, -0.15) is 0 Å². The summed E-state index contributed by atoms with van der Waals surface area (Å²) in [5.74, 6) is 0.862. The SMILES string of the molecule is C=CC(=O)N1CCN(c2ncnc3cc(Cl)c(-c4ccc(C)s4)cc23)CC1. The topological polar surface area (TPSA) is 49.3 Å². The van der Waals surface area contributed by atoms with Crippen LogP contribution in [0.4, 0.5) is 5.82 Å². The number of amides is 1. The molecule has 0 atom stereocenters. The molecule has 0 radical (unpaired) electrons. The number of carbonyl (C=O) groups excluding carboxylic acids is 1. The molecule has 3 heterocycles. The first-order valence-electron chi connectivity index (χ1n) is 8.74. The zero-order chi connectivity index (χ0) is 19.0. The molecule has 0 unspecified atom stereocenters. The molecule has 7 heteroatoms. The lowest BCUT2D eigenvalue weighted by Crippen LogP contribution is -2.48. The second kappa shape index (κ2) is 7.29. The molecule has 1 aliphatic heterocycles. The predicted molar refractivity (Wildman–Crippen MR) is 112 cm³/mol. The van der Waals surface area contributed by atoms with Gasteiger partial charge in [-0.3, -0.25) is 4.79 Å². The van der Waals surface area contributed by atoms with Crippen LogP contribution in [0.1, 0.15) is 4.88 Å². The summed E-state index contributed by atoms with van der Waals surface area (Å²) in [6.07, 6.45) is 2.94. The average molecular weight is 399 g/mol. The minimum absolute atomic E-state index is 0.0238. The minimum Gasteiger partial charge on any atom is -0.352 e. The summed E-state index contributed by atoms with van der Waals surface area (Å²) < 4.78 is 0. The van der Waals surface area contributed by atoms with Crippen LogP contribution in [-0.2, 0) is 4.79 Å². The molecule has 1 aromatic carbocycles. The summed E-state index contributed by atoms with van der Waals surface area (Å²) in [7, 11) is 0. The fourth-order valence-corrected chi connectivity index (χ4v) is 4.57. The number of anilines is 1. The standard InChI is InChI=1S/C20H19ClN4OS/c1-3-19(26)24-6-8-25(9-7-24)20-15-10-14(18-5-4-13(2)27-18)16(21)11-17(15)22-12-23-20/h3-5,10-12H,1,6-9H2,2H3. The van der Waals surface area contributed by atoms with Crippen molar-refractivity contribution < 1.29 is 4.79 Å². The number of carbonyl (C=O) groups is 1. The summed E-state index contributed by atoms with van der Waals surface area (Å²) in [5.41, 5.74) is 1.82. The van der Waals surface area contributed by atoms with Gasteiger partial charge in [-0.15, -0.1) is 11.3 Å². The zero-order valence-electron chi connectivity index (χ0n) is 15.0. The van der Waals surface area contributed by atoms with Crippen LogP contribution in [0.25, 0.3) is 21.3 Å². The fraction of sp³-hybridized carbons (Fsp3) is 0.250. The summed E-state index contributed by atoms with van der Waals surface area (Å²) in [4.78, 5) is 27.1. The first-order valence-corrected chi connectivity index (χ1v) is 9.93. The quantitative estimate of drug-likeness (QED) is 0.622. The number of piperazine rings is 1. The van der Waals surface area contributed by atoms with E-state index in [1.54, 1.807) is 17.7 Å². The van der Waals surface area contributed by atoms with Crippen molar-refractivity contribution in [2.24, 2.45) is 0 Å². The number of benzene rings is 1. The number of fused-ring (bicyclic) bond motifs is 1. The maximum Gasteiger partial charge on any atom is 0.246 e. The molecule has 3 aromatic rings. The molecule has 0 bridgehead atoms. The number of nitrogens with zero attached hydrogens (tertiary/aromatic N) is 4. The van der Waals surface area contributed by atoms with Gasteiger partial charge in [-0.1, -0.05) is 18.2 Å². The highest BCUT2D eigenvalue weighted by atomic mass is 35.5. The van der Waals surface area contributed by atoms with E-state index in [1.807, 2.05) is 11.0 Å². The zero-order valence-corrected chi connectivity index (χ0v) is 16.6. The number of aryl methyl sites for hydroxylation is 1. The molecule has 1 amide bonds. The molecule has 0 aliphatic carbocycles. The Labute approximate surface area is 166 Å². The number of rotatable bonds is 3. The third-order valence-corrected chi connectivity index (χ3v) is 6.12. The molecule has 138 valence electrons. The number of thiophene rings is 1. The van der Waals surface area contributed by atoms with E-state index in [1.165, 1.54) is 11.0 Å². The van der Waals surface area contributed by atoms with E-state index < -0.39 is 0 Å². The lowest BCUT2D eigenvalue weighted by molar-refractivity contribution is -0.126. The molecular formula is C20H19ClN4OS. The van der Waals surface area contributed by atoms with Gasteiger partial charge in [0.25, 0.3) is 0 Å². The van der Waals surface area contributed by atoms with Crippen molar-refractivity contribution in [3.63, 3.8) is 0 Å². The van der Waals surface area contributed by atoms with Crippen LogP contribution < -0.4 is 4.90 Å². The average Bonchev–Trinajstić information content (AvgIpc) is 3.12. The van der Waals surface area contributed by atoms with Gasteiger partial charge in [0.15, 0.2) is 0 Å². The van der Waals surface area contributed by atoms with Crippen molar-refractivity contribution in [2.75, 3.05) is 31.1 Å². The second-order valence-electron chi connectivity index (χ2n) is 6.47. The van der Waals surface area contributed by atoms with E-state index in [4.69, 9.17) is 11.6 Å². The van der Waals surface area contributed by atoms with Crippen molar-refractivity contribution >= 4 is 45.6 Å². The van der Waals surface area contributed by atoms with Crippen molar-refractivity contribution in [2.45, 2.75) is 6.92 Å². The molecule has 0 saturated carbocycles. The Morgan fingerprint density at radius 3 is 2.67 bits per heavy atom. The first-order chi connectivity index (χ1) is 13.1. The lowest BCUT2D eigenvalue weighted by Gasteiger charge is -2.35. The molecule has 0 spiro atoms. The number of hydrogen-bond donors (Lipinski definition) is 0. The number of aromatic nitrogens is 2. The van der Waals surface area contributed by atoms with Crippen LogP contribution in [0, 0.1) is 6.92 Å². The molecule has 1 saturated heterocycles. The summed E-state index contributed by atoms with van der Waals surface area (Å²) in [5, 5.41) is 1.67. The summed E-state index contributed by atoms with van der Waals surface area (Å²) in [6.45, 7) is 8.41. The molecule has 27 heavy (non-hydrogen) atoms. The van der Waals surface area contributed by atoms with Crippen LogP contribution in [0.5, 0.6) is 0 Å². The van der Waals surface area contributed by atoms with E-state index in [0.29, 0.717) is 18.1 Å². The van der Waals surface area contributed by atoms with Gasteiger partial charge in [0.2, 0.25) is 5.91 Å². The largest absolute Gasteiger partial charge is 0.352 e. The normalized spacial score (nSPS) is 14.6. The van der Waals surface area contributed by atoms with E-state index >= 15 is 0 Å². The Hall–Kier alpha value is -2.44. The Balaban J connectivity index is 1.71. The monoisotopic (exact) mass is 398 g/mol. The highest BCUT2D eigenvalue weighted by molar-refractivity contribution is 7.15. The van der Waals surface area contributed by atoms with E-state index in [2.05, 4.69) is 46.6 Å². The Kier molecular flexibility index (Phi) is 4.85. The van der Waals surface area contributed by atoms with Crippen LogP contribution >= 0.6 is 22.9 Å². The lowest BCUT2D eigenvalue weighted by atomic mass is 10.1. The maximum atomic E-state index is 11.8. The van der Waals surface area contributed by atoms with Crippen molar-refractivity contribution in [1.82, 2.24) is 14.9 Å². The van der Waals surface area contributed by atoms with Gasteiger partial charge in [0.05, 0.1) is 10.5 Å². The van der Waals surface area contributed by atoms with Gasteiger partial charge in [0, 0.05) is 46.9 Å². The number of hydrogen-bond acceptors (Lipinski definition) is 5. The molecule has 2 aromatic heterocycles. The smallest absolute Gasteiger partial charge is 0.246 e. The molecule has 1 aliphatic rings. The van der Waals surface area contributed by atoms with E-state index in [-0.39, 0.29) is 5.91 Å². The molecule has 1 fully saturated rings. The molecule has 0 N–H and O–H groups in total. The summed E-state index contributed by atoms with van der Waals surface area (Å²) >= 11 is 8.25. The maximum absolute atomic E-state index is 11.8. The minimum atomic E-state index is -0.0238. The highest BCUT2D eigenvalue weighted by Gasteiger charge is 2.22. The number of halogens is 1.